The molecule has 17 heavy (non-hydrogen) atoms. The van der Waals surface area contributed by atoms with Crippen LogP contribution in [0, 0.1) is 0 Å². The molecule has 0 atom stereocenters. The third-order valence-corrected chi connectivity index (χ3v) is 2.49. The van der Waals surface area contributed by atoms with Gasteiger partial charge in [-0.15, -0.1) is 0 Å². The van der Waals surface area contributed by atoms with E-state index in [1.807, 2.05) is 0 Å². The van der Waals surface area contributed by atoms with Crippen LogP contribution in [0.1, 0.15) is 10.4 Å². The van der Waals surface area contributed by atoms with Crippen LogP contribution in [0.15, 0.2) is 46.1 Å². The van der Waals surface area contributed by atoms with Crippen LogP contribution >= 0.6 is 15.9 Å². The quantitative estimate of drug-likeness (QED) is 0.829. The molecule has 1 amide bonds. The van der Waals surface area contributed by atoms with E-state index in [-0.39, 0.29) is 11.5 Å². The highest BCUT2D eigenvalue weighted by molar-refractivity contribution is 9.10. The number of H-pyrrole nitrogens is 1. The van der Waals surface area contributed by atoms with Crippen molar-refractivity contribution in [1.82, 2.24) is 9.97 Å². The Labute approximate surface area is 105 Å². The van der Waals surface area contributed by atoms with E-state index in [2.05, 4.69) is 31.2 Å². The van der Waals surface area contributed by atoms with Crippen LogP contribution < -0.4 is 10.9 Å². The summed E-state index contributed by atoms with van der Waals surface area (Å²) in [5, 5.41) is 2.64. The van der Waals surface area contributed by atoms with Crippen molar-refractivity contribution in [3.8, 4) is 0 Å². The van der Waals surface area contributed by atoms with Gasteiger partial charge >= 0.3 is 0 Å². The summed E-state index contributed by atoms with van der Waals surface area (Å²) in [7, 11) is 0. The van der Waals surface area contributed by atoms with Gasteiger partial charge in [0, 0.05) is 17.8 Å². The van der Waals surface area contributed by atoms with Gasteiger partial charge < -0.3 is 10.3 Å². The lowest BCUT2D eigenvalue weighted by molar-refractivity contribution is 0.102. The second-order valence-electron chi connectivity index (χ2n) is 3.27. The molecular weight excluding hydrogens is 286 g/mol. The maximum absolute atomic E-state index is 11.7. The normalized spacial score (nSPS) is 9.94. The highest BCUT2D eigenvalue weighted by Crippen LogP contribution is 2.11. The number of hydrogen-bond acceptors (Lipinski definition) is 3. The Balaban J connectivity index is 2.17. The van der Waals surface area contributed by atoms with Crippen LogP contribution in [0.4, 0.5) is 5.69 Å². The molecule has 86 valence electrons. The molecule has 0 aliphatic carbocycles. The van der Waals surface area contributed by atoms with E-state index in [1.54, 1.807) is 12.1 Å². The predicted molar refractivity (Wildman–Crippen MR) is 67.0 cm³/mol. The second kappa shape index (κ2) is 4.92. The maximum Gasteiger partial charge on any atom is 0.255 e. The van der Waals surface area contributed by atoms with Gasteiger partial charge in [0.2, 0.25) is 5.56 Å². The molecule has 0 aromatic carbocycles. The molecule has 0 saturated carbocycles. The van der Waals surface area contributed by atoms with Crippen molar-refractivity contribution < 1.29 is 4.79 Å². The van der Waals surface area contributed by atoms with E-state index in [0.717, 1.165) is 0 Å². The van der Waals surface area contributed by atoms with E-state index in [4.69, 9.17) is 0 Å². The van der Waals surface area contributed by atoms with Crippen molar-refractivity contribution in [3.05, 3.63) is 57.2 Å². The summed E-state index contributed by atoms with van der Waals surface area (Å²) in [5.41, 5.74) is 0.557. The zero-order chi connectivity index (χ0) is 12.3. The highest BCUT2D eigenvalue weighted by atomic mass is 79.9. The predicted octanol–water partition coefficient (Wildman–Crippen LogP) is 1.78. The number of carbonyl (C=O) groups is 1. The molecule has 0 saturated heterocycles. The largest absolute Gasteiger partial charge is 0.329 e. The molecule has 2 N–H and O–H groups in total. The number of aromatic nitrogens is 2. The van der Waals surface area contributed by atoms with Crippen molar-refractivity contribution >= 4 is 27.5 Å². The first-order chi connectivity index (χ1) is 8.15. The third kappa shape index (κ3) is 3.01. The van der Waals surface area contributed by atoms with Crippen LogP contribution in [-0.2, 0) is 0 Å². The number of halogens is 1. The minimum Gasteiger partial charge on any atom is -0.329 e. The topological polar surface area (TPSA) is 74.8 Å². The number of hydrogen-bond donors (Lipinski definition) is 2. The van der Waals surface area contributed by atoms with Gasteiger partial charge in [0.25, 0.3) is 5.91 Å². The second-order valence-corrected chi connectivity index (χ2v) is 4.08. The van der Waals surface area contributed by atoms with Crippen LogP contribution in [0.2, 0.25) is 0 Å². The van der Waals surface area contributed by atoms with Gasteiger partial charge in [-0.3, -0.25) is 9.59 Å². The lowest BCUT2D eigenvalue weighted by Crippen LogP contribution is -2.15. The number of aromatic amines is 1. The molecule has 2 rings (SSSR count). The fourth-order valence-corrected chi connectivity index (χ4v) is 1.47. The third-order valence-electron chi connectivity index (χ3n) is 2.02. The van der Waals surface area contributed by atoms with E-state index in [9.17, 15) is 9.59 Å². The van der Waals surface area contributed by atoms with Gasteiger partial charge in [-0.25, -0.2) is 4.98 Å². The first-order valence-electron chi connectivity index (χ1n) is 4.77. The van der Waals surface area contributed by atoms with Crippen molar-refractivity contribution in [2.75, 3.05) is 5.32 Å². The standard InChI is InChI=1S/C11H8BrN3O2/c12-9-2-1-8(6-14-9)15-11(17)7-3-4-13-10(16)5-7/h1-6H,(H,13,16)(H,15,17). The Bertz CT molecular complexity index is 592. The lowest BCUT2D eigenvalue weighted by Gasteiger charge is -2.04. The van der Waals surface area contributed by atoms with Gasteiger partial charge in [-0.2, -0.15) is 0 Å². The summed E-state index contributed by atoms with van der Waals surface area (Å²) in [6.45, 7) is 0. The Morgan fingerprint density at radius 1 is 1.35 bits per heavy atom. The molecule has 0 bridgehead atoms. The Morgan fingerprint density at radius 3 is 2.82 bits per heavy atom. The summed E-state index contributed by atoms with van der Waals surface area (Å²) in [6.07, 6.45) is 2.95. The molecule has 0 spiro atoms. The van der Waals surface area contributed by atoms with Crippen molar-refractivity contribution in [2.45, 2.75) is 0 Å². The molecule has 6 heteroatoms. The number of carbonyl (C=O) groups excluding carboxylic acids is 1. The van der Waals surface area contributed by atoms with Crippen molar-refractivity contribution in [1.29, 1.82) is 0 Å². The van der Waals surface area contributed by atoms with E-state index in [1.165, 1.54) is 24.5 Å². The van der Waals surface area contributed by atoms with Gasteiger partial charge in [0.1, 0.15) is 4.60 Å². The Hall–Kier alpha value is -1.95. The van der Waals surface area contributed by atoms with Gasteiger partial charge in [-0.05, 0) is 34.1 Å². The molecule has 0 aliphatic rings. The number of pyridine rings is 2. The summed E-state index contributed by atoms with van der Waals surface area (Å²) in [6, 6.07) is 6.19. The number of nitrogens with zero attached hydrogens (tertiary/aromatic N) is 1. The minimum absolute atomic E-state index is 0.302. The molecule has 0 radical (unpaired) electrons. The Kier molecular flexibility index (Phi) is 3.34. The number of anilines is 1. The average molecular weight is 294 g/mol. The highest BCUT2D eigenvalue weighted by Gasteiger charge is 2.06. The van der Waals surface area contributed by atoms with E-state index >= 15 is 0 Å². The number of nitrogens with one attached hydrogen (secondary N) is 2. The summed E-state index contributed by atoms with van der Waals surface area (Å²) >= 11 is 3.20. The first-order valence-corrected chi connectivity index (χ1v) is 5.56. The zero-order valence-electron chi connectivity index (χ0n) is 8.61. The molecule has 2 aromatic heterocycles. The molecule has 2 aromatic rings. The van der Waals surface area contributed by atoms with Gasteiger partial charge in [-0.1, -0.05) is 0 Å². The summed E-state index contributed by atoms with van der Waals surface area (Å²) < 4.78 is 0.687. The smallest absolute Gasteiger partial charge is 0.255 e. The van der Waals surface area contributed by atoms with Crippen molar-refractivity contribution in [2.24, 2.45) is 0 Å². The molecule has 0 aliphatic heterocycles. The molecule has 5 nitrogen and oxygen atoms in total. The van der Waals surface area contributed by atoms with Crippen LogP contribution in [0.25, 0.3) is 0 Å². The molecule has 0 fully saturated rings. The zero-order valence-corrected chi connectivity index (χ0v) is 10.2. The fraction of sp³-hybridized carbons (Fsp3) is 0. The average Bonchev–Trinajstić information content (AvgIpc) is 2.32. The van der Waals surface area contributed by atoms with Crippen LogP contribution in [0.3, 0.4) is 0 Å². The molecule has 0 unspecified atom stereocenters. The Morgan fingerprint density at radius 2 is 2.18 bits per heavy atom. The monoisotopic (exact) mass is 293 g/mol. The summed E-state index contributed by atoms with van der Waals surface area (Å²) in [4.78, 5) is 29.2. The van der Waals surface area contributed by atoms with Crippen molar-refractivity contribution in [3.63, 3.8) is 0 Å². The SMILES string of the molecule is O=C(Nc1ccc(Br)nc1)c1cc[nH]c(=O)c1. The number of amides is 1. The van der Waals surface area contributed by atoms with Gasteiger partial charge in [0.05, 0.1) is 11.9 Å². The first kappa shape index (κ1) is 11.5. The number of rotatable bonds is 2. The molecular formula is C11H8BrN3O2. The van der Waals surface area contributed by atoms with E-state index in [0.29, 0.717) is 15.9 Å². The lowest BCUT2D eigenvalue weighted by atomic mass is 10.2. The molecule has 2 heterocycles. The van der Waals surface area contributed by atoms with Crippen LogP contribution in [0.5, 0.6) is 0 Å². The maximum atomic E-state index is 11.7. The van der Waals surface area contributed by atoms with Crippen LogP contribution in [-0.4, -0.2) is 15.9 Å². The fourth-order valence-electron chi connectivity index (χ4n) is 1.24. The van der Waals surface area contributed by atoms with E-state index < -0.39 is 0 Å². The minimum atomic E-state index is -0.347. The summed E-state index contributed by atoms with van der Waals surface area (Å²) in [5.74, 6) is -0.347. The van der Waals surface area contributed by atoms with Gasteiger partial charge in [0.15, 0.2) is 0 Å².